The van der Waals surface area contributed by atoms with E-state index in [4.69, 9.17) is 9.47 Å². The Morgan fingerprint density at radius 2 is 1.51 bits per heavy atom. The Labute approximate surface area is 273 Å². The van der Waals surface area contributed by atoms with Gasteiger partial charge in [0.2, 0.25) is 17.7 Å². The SMILES string of the molecule is O=C(CCCCCN1C(=O)C=CC1=O)NCC(=O)OCC(=O)N[C@@H](Cc1ccccc1)C(=O)NCC(=O)NCOCCN1CCCC1. The predicted octanol–water partition coefficient (Wildman–Crippen LogP) is -0.839. The molecule has 2 aliphatic rings. The molecule has 15 nitrogen and oxygen atoms in total. The van der Waals surface area contributed by atoms with Crippen LogP contribution < -0.4 is 21.3 Å². The quantitative estimate of drug-likeness (QED) is 0.0562. The Morgan fingerprint density at radius 3 is 2.23 bits per heavy atom. The molecule has 3 rings (SSSR count). The molecule has 1 saturated heterocycles. The van der Waals surface area contributed by atoms with Crippen LogP contribution in [0, 0.1) is 0 Å². The average Bonchev–Trinajstić information content (AvgIpc) is 3.70. The lowest BCUT2D eigenvalue weighted by Gasteiger charge is -2.19. The normalized spacial score (nSPS) is 14.9. The summed E-state index contributed by atoms with van der Waals surface area (Å²) < 4.78 is 10.4. The number of unbranched alkanes of at least 4 members (excludes halogenated alkanes) is 2. The lowest BCUT2D eigenvalue weighted by molar-refractivity contribution is -0.148. The van der Waals surface area contributed by atoms with E-state index in [1.807, 2.05) is 6.07 Å². The molecule has 47 heavy (non-hydrogen) atoms. The van der Waals surface area contributed by atoms with Gasteiger partial charge in [0.15, 0.2) is 6.61 Å². The minimum absolute atomic E-state index is 0.0157. The van der Waals surface area contributed by atoms with Crippen molar-refractivity contribution >= 4 is 41.4 Å². The van der Waals surface area contributed by atoms with E-state index in [-0.39, 0.29) is 44.5 Å². The molecular weight excluding hydrogens is 612 g/mol. The summed E-state index contributed by atoms with van der Waals surface area (Å²) in [5.41, 5.74) is 0.763. The zero-order chi connectivity index (χ0) is 33.9. The molecule has 15 heteroatoms. The first-order chi connectivity index (χ1) is 22.7. The van der Waals surface area contributed by atoms with Gasteiger partial charge in [0, 0.05) is 38.1 Å². The fraction of sp³-hybridized carbons (Fsp3) is 0.531. The third-order valence-electron chi connectivity index (χ3n) is 7.46. The summed E-state index contributed by atoms with van der Waals surface area (Å²) in [7, 11) is 0. The smallest absolute Gasteiger partial charge is 0.325 e. The van der Waals surface area contributed by atoms with Crippen molar-refractivity contribution < 1.29 is 43.0 Å². The summed E-state index contributed by atoms with van der Waals surface area (Å²) in [5, 5.41) is 10.0. The van der Waals surface area contributed by atoms with E-state index < -0.39 is 48.8 Å². The number of hydrogen-bond donors (Lipinski definition) is 4. The first-order valence-electron chi connectivity index (χ1n) is 15.8. The van der Waals surface area contributed by atoms with Crippen LogP contribution in [0.5, 0.6) is 0 Å². The average molecular weight is 657 g/mol. The Bertz CT molecular complexity index is 1250. The molecule has 2 heterocycles. The van der Waals surface area contributed by atoms with Gasteiger partial charge in [-0.3, -0.25) is 38.5 Å². The van der Waals surface area contributed by atoms with E-state index in [1.165, 1.54) is 25.0 Å². The van der Waals surface area contributed by atoms with Gasteiger partial charge in [-0.25, -0.2) is 0 Å². The van der Waals surface area contributed by atoms with Gasteiger partial charge in [0.25, 0.3) is 17.7 Å². The largest absolute Gasteiger partial charge is 0.454 e. The molecule has 4 N–H and O–H groups in total. The highest BCUT2D eigenvalue weighted by Crippen LogP contribution is 2.08. The number of amides is 6. The molecule has 0 aromatic heterocycles. The third-order valence-corrected chi connectivity index (χ3v) is 7.46. The molecule has 256 valence electrons. The van der Waals surface area contributed by atoms with Gasteiger partial charge >= 0.3 is 5.97 Å². The van der Waals surface area contributed by atoms with E-state index in [0.717, 1.165) is 30.1 Å². The molecule has 0 aliphatic carbocycles. The van der Waals surface area contributed by atoms with E-state index in [9.17, 15) is 33.6 Å². The number of likely N-dealkylation sites (tertiary alicyclic amines) is 1. The maximum absolute atomic E-state index is 12.9. The zero-order valence-electron chi connectivity index (χ0n) is 26.5. The Balaban J connectivity index is 1.31. The number of nitrogens with one attached hydrogen (secondary N) is 4. The Hall–Kier alpha value is -4.63. The third kappa shape index (κ3) is 14.6. The van der Waals surface area contributed by atoms with E-state index in [1.54, 1.807) is 24.3 Å². The van der Waals surface area contributed by atoms with Crippen LogP contribution in [-0.4, -0.2) is 116 Å². The van der Waals surface area contributed by atoms with Crippen molar-refractivity contribution in [1.29, 1.82) is 0 Å². The van der Waals surface area contributed by atoms with Crippen LogP contribution in [-0.2, 0) is 49.5 Å². The van der Waals surface area contributed by atoms with Crippen molar-refractivity contribution in [2.24, 2.45) is 0 Å². The highest BCUT2D eigenvalue weighted by molar-refractivity contribution is 6.12. The van der Waals surface area contributed by atoms with Gasteiger partial charge in [0.05, 0.1) is 13.2 Å². The summed E-state index contributed by atoms with van der Waals surface area (Å²) in [6, 6.07) is 7.91. The van der Waals surface area contributed by atoms with Crippen molar-refractivity contribution in [3.8, 4) is 0 Å². The second-order valence-corrected chi connectivity index (χ2v) is 11.1. The van der Waals surface area contributed by atoms with Crippen molar-refractivity contribution in [3.05, 3.63) is 48.0 Å². The molecule has 1 fully saturated rings. The second kappa shape index (κ2) is 20.5. The highest BCUT2D eigenvalue weighted by atomic mass is 16.5. The standard InChI is InChI=1S/C32H44N6O9/c39-26(11-5-2-6-16-38-29(42)12-13-30(38)43)33-21-31(44)47-22-28(41)36-25(19-24-9-3-1-4-10-24)32(45)34-20-27(40)35-23-46-18-17-37-14-7-8-15-37/h1,3-4,9-10,12-13,25H,2,5-8,11,14-23H2,(H,33,39)(H,34,45)(H,35,40)(H,36,41)/t25-/m0/s1. The molecule has 1 aromatic carbocycles. The van der Waals surface area contributed by atoms with Crippen molar-refractivity contribution in [1.82, 2.24) is 31.1 Å². The predicted molar refractivity (Wildman–Crippen MR) is 168 cm³/mol. The Kier molecular flexibility index (Phi) is 16.1. The monoisotopic (exact) mass is 656 g/mol. The molecular formula is C32H44N6O9. The first-order valence-corrected chi connectivity index (χ1v) is 15.8. The van der Waals surface area contributed by atoms with Crippen LogP contribution in [0.3, 0.4) is 0 Å². The number of rotatable bonds is 21. The maximum atomic E-state index is 12.9. The summed E-state index contributed by atoms with van der Waals surface area (Å²) >= 11 is 0. The number of imide groups is 1. The minimum Gasteiger partial charge on any atom is -0.454 e. The van der Waals surface area contributed by atoms with Crippen molar-refractivity contribution in [3.63, 3.8) is 0 Å². The van der Waals surface area contributed by atoms with Crippen LogP contribution >= 0.6 is 0 Å². The van der Waals surface area contributed by atoms with Crippen LogP contribution in [0.15, 0.2) is 42.5 Å². The summed E-state index contributed by atoms with van der Waals surface area (Å²) in [4.78, 5) is 88.3. The van der Waals surface area contributed by atoms with Crippen LogP contribution in [0.4, 0.5) is 0 Å². The van der Waals surface area contributed by atoms with E-state index in [0.29, 0.717) is 25.9 Å². The summed E-state index contributed by atoms with van der Waals surface area (Å²) in [5.74, 6) is -3.70. The number of esters is 1. The molecule has 2 aliphatic heterocycles. The molecule has 1 aromatic rings. The van der Waals surface area contributed by atoms with Crippen molar-refractivity contribution in [2.75, 3.05) is 59.2 Å². The Morgan fingerprint density at radius 1 is 0.787 bits per heavy atom. The van der Waals surface area contributed by atoms with Gasteiger partial charge in [-0.15, -0.1) is 0 Å². The molecule has 0 spiro atoms. The minimum atomic E-state index is -1.05. The second-order valence-electron chi connectivity index (χ2n) is 11.1. The van der Waals surface area contributed by atoms with E-state index in [2.05, 4.69) is 26.2 Å². The fourth-order valence-electron chi connectivity index (χ4n) is 4.89. The van der Waals surface area contributed by atoms with Gasteiger partial charge in [-0.1, -0.05) is 36.8 Å². The molecule has 6 amide bonds. The van der Waals surface area contributed by atoms with E-state index >= 15 is 0 Å². The first kappa shape index (κ1) is 36.8. The highest BCUT2D eigenvalue weighted by Gasteiger charge is 2.24. The number of nitrogens with zero attached hydrogens (tertiary/aromatic N) is 2. The number of ether oxygens (including phenoxy) is 2. The molecule has 0 radical (unpaired) electrons. The van der Waals surface area contributed by atoms with Gasteiger partial charge in [-0.2, -0.15) is 0 Å². The fourth-order valence-corrected chi connectivity index (χ4v) is 4.89. The summed E-state index contributed by atoms with van der Waals surface area (Å²) in [6.45, 7) is 2.25. The topological polar surface area (TPSA) is 193 Å². The summed E-state index contributed by atoms with van der Waals surface area (Å²) in [6.07, 6.45) is 6.72. The lowest BCUT2D eigenvalue weighted by atomic mass is 10.1. The van der Waals surface area contributed by atoms with Crippen LogP contribution in [0.1, 0.15) is 44.1 Å². The molecule has 0 saturated carbocycles. The van der Waals surface area contributed by atoms with Gasteiger partial charge in [0.1, 0.15) is 19.3 Å². The number of hydrogen-bond acceptors (Lipinski definition) is 10. The number of carbonyl (C=O) groups is 7. The van der Waals surface area contributed by atoms with Crippen molar-refractivity contribution in [2.45, 2.75) is 51.0 Å². The number of carbonyl (C=O) groups excluding carboxylic acids is 7. The zero-order valence-corrected chi connectivity index (χ0v) is 26.5. The van der Waals surface area contributed by atoms with Gasteiger partial charge < -0.3 is 35.6 Å². The molecule has 1 atom stereocenters. The lowest BCUT2D eigenvalue weighted by Crippen LogP contribution is -2.51. The molecule has 0 unspecified atom stereocenters. The van der Waals surface area contributed by atoms with Gasteiger partial charge in [-0.05, 0) is 44.3 Å². The van der Waals surface area contributed by atoms with Crippen LogP contribution in [0.25, 0.3) is 0 Å². The molecule has 0 bridgehead atoms. The van der Waals surface area contributed by atoms with Crippen LogP contribution in [0.2, 0.25) is 0 Å². The number of benzene rings is 1. The maximum Gasteiger partial charge on any atom is 0.325 e.